The Labute approximate surface area is 187 Å². The molecule has 1 aliphatic heterocycles. The Hall–Kier alpha value is -3.20. The highest BCUT2D eigenvalue weighted by Gasteiger charge is 2.66. The van der Waals surface area contributed by atoms with E-state index >= 15 is 0 Å². The first-order valence-corrected chi connectivity index (χ1v) is 10.9. The smallest absolute Gasteiger partial charge is 0.312 e. The van der Waals surface area contributed by atoms with Crippen LogP contribution in [0, 0.1) is 5.41 Å². The van der Waals surface area contributed by atoms with Crippen LogP contribution in [0.2, 0.25) is 0 Å². The number of carbonyl (C=O) groups excluding carboxylic acids is 2. The van der Waals surface area contributed by atoms with E-state index in [0.717, 1.165) is 0 Å². The summed E-state index contributed by atoms with van der Waals surface area (Å²) in [7, 11) is 1.49. The lowest BCUT2D eigenvalue weighted by molar-refractivity contribution is -0.217. The molecule has 32 heavy (non-hydrogen) atoms. The van der Waals surface area contributed by atoms with Crippen molar-refractivity contribution in [1.82, 2.24) is 25.3 Å². The number of hydrogen-bond acceptors (Lipinski definition) is 5. The number of aliphatic carboxylic acids is 1. The van der Waals surface area contributed by atoms with Gasteiger partial charge in [-0.15, -0.1) is 0 Å². The number of nitrogens with one attached hydrogen (secondary N) is 2. The molecule has 1 fully saturated rings. The van der Waals surface area contributed by atoms with Gasteiger partial charge in [0.2, 0.25) is 11.8 Å². The molecule has 1 aromatic carbocycles. The highest BCUT2D eigenvalue weighted by atomic mass is 16.4. The van der Waals surface area contributed by atoms with Gasteiger partial charge in [0.05, 0.1) is 18.2 Å². The summed E-state index contributed by atoms with van der Waals surface area (Å²) in [6.07, 6.45) is 4.25. The van der Waals surface area contributed by atoms with Crippen molar-refractivity contribution in [3.05, 3.63) is 42.4 Å². The van der Waals surface area contributed by atoms with Crippen molar-refractivity contribution < 1.29 is 19.5 Å². The van der Waals surface area contributed by atoms with Crippen molar-refractivity contribution in [2.45, 2.75) is 45.6 Å². The molecule has 9 heteroatoms. The van der Waals surface area contributed by atoms with E-state index in [2.05, 4.69) is 15.3 Å². The van der Waals surface area contributed by atoms with Gasteiger partial charge in [0.25, 0.3) is 0 Å². The van der Waals surface area contributed by atoms with Gasteiger partial charge in [-0.3, -0.25) is 19.4 Å². The van der Waals surface area contributed by atoms with Gasteiger partial charge in [0, 0.05) is 32.1 Å². The maximum Gasteiger partial charge on any atom is 0.312 e. The third-order valence-electron chi connectivity index (χ3n) is 6.48. The van der Waals surface area contributed by atoms with Gasteiger partial charge >= 0.3 is 5.97 Å². The second kappa shape index (κ2) is 9.12. The Bertz CT molecular complexity index is 992. The molecule has 1 saturated heterocycles. The number of aromatic nitrogens is 2. The first kappa shape index (κ1) is 23.5. The second-order valence-corrected chi connectivity index (χ2v) is 8.17. The molecule has 0 spiro atoms. The first-order valence-electron chi connectivity index (χ1n) is 10.9. The number of carboxylic acid groups (broad SMARTS) is 1. The van der Waals surface area contributed by atoms with Gasteiger partial charge in [-0.25, -0.2) is 4.98 Å². The SMILES string of the molecule is CCCC(=O)N1CC[C@](C)(C(=O)O)[C@](C(=O)NC)(c2ccccc2-c2cnc[nH]2)N1CC. The molecule has 3 rings (SSSR count). The number of carboxylic acids is 1. The van der Waals surface area contributed by atoms with Crippen molar-refractivity contribution in [3.8, 4) is 11.3 Å². The van der Waals surface area contributed by atoms with Gasteiger partial charge in [0.15, 0.2) is 5.54 Å². The van der Waals surface area contributed by atoms with E-state index in [1.807, 2.05) is 26.0 Å². The second-order valence-electron chi connectivity index (χ2n) is 8.17. The van der Waals surface area contributed by atoms with Crippen molar-refractivity contribution in [1.29, 1.82) is 0 Å². The number of benzene rings is 1. The summed E-state index contributed by atoms with van der Waals surface area (Å²) >= 11 is 0. The lowest BCUT2D eigenvalue weighted by Gasteiger charge is -2.58. The minimum Gasteiger partial charge on any atom is -0.481 e. The fourth-order valence-corrected chi connectivity index (χ4v) is 4.91. The lowest BCUT2D eigenvalue weighted by atomic mass is 9.61. The number of carbonyl (C=O) groups is 3. The van der Waals surface area contributed by atoms with Crippen LogP contribution in [-0.4, -0.2) is 63.0 Å². The number of hydrazine groups is 1. The van der Waals surface area contributed by atoms with Crippen molar-refractivity contribution in [2.75, 3.05) is 20.1 Å². The summed E-state index contributed by atoms with van der Waals surface area (Å²) in [5, 5.41) is 16.4. The molecule has 0 bridgehead atoms. The molecule has 2 amide bonds. The maximum atomic E-state index is 13.8. The fourth-order valence-electron chi connectivity index (χ4n) is 4.91. The number of rotatable bonds is 7. The van der Waals surface area contributed by atoms with Crippen LogP contribution in [0.4, 0.5) is 0 Å². The van der Waals surface area contributed by atoms with E-state index in [-0.39, 0.29) is 25.4 Å². The normalized spacial score (nSPS) is 23.7. The molecule has 1 aliphatic rings. The zero-order valence-corrected chi connectivity index (χ0v) is 19.0. The molecule has 0 aliphatic carbocycles. The summed E-state index contributed by atoms with van der Waals surface area (Å²) in [5.74, 6) is -1.71. The van der Waals surface area contributed by atoms with Crippen molar-refractivity contribution in [3.63, 3.8) is 0 Å². The summed E-state index contributed by atoms with van der Waals surface area (Å²) < 4.78 is 0. The van der Waals surface area contributed by atoms with E-state index in [0.29, 0.717) is 29.7 Å². The van der Waals surface area contributed by atoms with Crippen LogP contribution in [0.1, 0.15) is 45.6 Å². The zero-order valence-electron chi connectivity index (χ0n) is 19.0. The molecule has 0 saturated carbocycles. The van der Waals surface area contributed by atoms with E-state index in [1.54, 1.807) is 35.3 Å². The Balaban J connectivity index is 2.41. The van der Waals surface area contributed by atoms with Gasteiger partial charge in [-0.05, 0) is 25.3 Å². The third kappa shape index (κ3) is 3.37. The summed E-state index contributed by atoms with van der Waals surface area (Å²) in [6.45, 7) is 5.83. The van der Waals surface area contributed by atoms with Gasteiger partial charge in [0.1, 0.15) is 5.41 Å². The Kier molecular flexibility index (Phi) is 6.68. The molecule has 0 unspecified atom stereocenters. The quantitative estimate of drug-likeness (QED) is 0.607. The molecule has 9 nitrogen and oxygen atoms in total. The number of hydrogen-bond donors (Lipinski definition) is 3. The Morgan fingerprint density at radius 1 is 1.25 bits per heavy atom. The molecule has 172 valence electrons. The lowest BCUT2D eigenvalue weighted by Crippen LogP contribution is -2.74. The molecule has 3 N–H and O–H groups in total. The highest BCUT2D eigenvalue weighted by molar-refractivity contribution is 5.97. The molecule has 2 aromatic rings. The molecule has 2 atom stereocenters. The predicted octanol–water partition coefficient (Wildman–Crippen LogP) is 2.38. The van der Waals surface area contributed by atoms with Crippen molar-refractivity contribution in [2.24, 2.45) is 5.41 Å². The average molecular weight is 442 g/mol. The number of imidazole rings is 1. The topological polar surface area (TPSA) is 119 Å². The molecule has 1 aromatic heterocycles. The molecule has 0 radical (unpaired) electrons. The van der Waals surface area contributed by atoms with Gasteiger partial charge in [-0.2, -0.15) is 5.01 Å². The Morgan fingerprint density at radius 2 is 1.97 bits per heavy atom. The van der Waals surface area contributed by atoms with Crippen LogP contribution >= 0.6 is 0 Å². The predicted molar refractivity (Wildman–Crippen MR) is 119 cm³/mol. The first-order chi connectivity index (χ1) is 15.3. The van der Waals surface area contributed by atoms with E-state index < -0.39 is 22.8 Å². The van der Waals surface area contributed by atoms with Crippen LogP contribution in [0.15, 0.2) is 36.8 Å². The largest absolute Gasteiger partial charge is 0.481 e. The van der Waals surface area contributed by atoms with Gasteiger partial charge in [-0.1, -0.05) is 38.1 Å². The molecule has 2 heterocycles. The van der Waals surface area contributed by atoms with E-state index in [4.69, 9.17) is 0 Å². The third-order valence-corrected chi connectivity index (χ3v) is 6.48. The van der Waals surface area contributed by atoms with E-state index in [9.17, 15) is 19.5 Å². The molecular weight excluding hydrogens is 410 g/mol. The number of likely N-dealkylation sites (N-methyl/N-ethyl adjacent to an activating group) is 2. The number of aromatic amines is 1. The van der Waals surface area contributed by atoms with Crippen LogP contribution in [-0.2, 0) is 19.9 Å². The fraction of sp³-hybridized carbons (Fsp3) is 0.478. The zero-order chi connectivity index (χ0) is 23.5. The molecular formula is C23H31N5O4. The van der Waals surface area contributed by atoms with E-state index in [1.165, 1.54) is 13.4 Å². The summed E-state index contributed by atoms with van der Waals surface area (Å²) in [5.41, 5.74) is -1.37. The number of H-pyrrole nitrogens is 1. The maximum absolute atomic E-state index is 13.8. The number of nitrogens with zero attached hydrogens (tertiary/aromatic N) is 3. The van der Waals surface area contributed by atoms with Crippen LogP contribution in [0.25, 0.3) is 11.3 Å². The van der Waals surface area contributed by atoms with Crippen LogP contribution < -0.4 is 5.32 Å². The Morgan fingerprint density at radius 3 is 2.53 bits per heavy atom. The van der Waals surface area contributed by atoms with Gasteiger partial charge < -0.3 is 15.4 Å². The minimum absolute atomic E-state index is 0.124. The standard InChI is InChI=1S/C23H31N5O4/c1-5-9-19(29)27-13-12-22(3,21(31)32)23(20(30)24-4,28(27)6-2)17-11-8-7-10-16(17)18-14-25-15-26-18/h7-8,10-11,14-15H,5-6,9,12-13H2,1-4H3,(H,24,30)(H,25,26)(H,31,32)/t22-,23-/m1/s1. The summed E-state index contributed by atoms with van der Waals surface area (Å²) in [4.78, 5) is 46.9. The van der Waals surface area contributed by atoms with Crippen LogP contribution in [0.5, 0.6) is 0 Å². The highest BCUT2D eigenvalue weighted by Crippen LogP contribution is 2.53. The minimum atomic E-state index is -1.67. The monoisotopic (exact) mass is 441 g/mol. The number of amides is 2. The average Bonchev–Trinajstić information content (AvgIpc) is 3.33. The van der Waals surface area contributed by atoms with Crippen LogP contribution in [0.3, 0.4) is 0 Å². The van der Waals surface area contributed by atoms with Crippen molar-refractivity contribution >= 4 is 17.8 Å². The summed E-state index contributed by atoms with van der Waals surface area (Å²) in [6, 6.07) is 7.21.